The summed E-state index contributed by atoms with van der Waals surface area (Å²) in [5.74, 6) is -0.956. The minimum atomic E-state index is -0.807. The molecule has 0 saturated carbocycles. The van der Waals surface area contributed by atoms with Gasteiger partial charge < -0.3 is 14.2 Å². The molecule has 0 amide bonds. The molecule has 0 aromatic rings. The summed E-state index contributed by atoms with van der Waals surface area (Å²) in [6.45, 7) is 6.49. The van der Waals surface area contributed by atoms with Gasteiger partial charge >= 0.3 is 17.9 Å². The highest BCUT2D eigenvalue weighted by atomic mass is 16.6. The predicted molar refractivity (Wildman–Crippen MR) is 339 cm³/mol. The molecule has 6 heteroatoms. The number of rotatable bonds is 59. The van der Waals surface area contributed by atoms with E-state index in [9.17, 15) is 14.4 Å². The van der Waals surface area contributed by atoms with Crippen LogP contribution in [-0.4, -0.2) is 37.2 Å². The Balaban J connectivity index is 4.48. The minimum absolute atomic E-state index is 0.0990. The largest absolute Gasteiger partial charge is 0.462 e. The summed E-state index contributed by atoms with van der Waals surface area (Å²) in [5.41, 5.74) is 0. The summed E-state index contributed by atoms with van der Waals surface area (Å²) in [5, 5.41) is 0. The number of hydrogen-bond donors (Lipinski definition) is 0. The number of ether oxygens (including phenoxy) is 3. The lowest BCUT2D eigenvalue weighted by molar-refractivity contribution is -0.167. The fourth-order valence-electron chi connectivity index (χ4n) is 9.11. The SMILES string of the molecule is CC/C=C\C/C=C\C/C=C\C/C=C\C/C=C\C/C=C\C/C=C\CCCC(=O)OCC(COC(=O)CCCCCCCCC/C=C\C/C=C\CCCCCC)OC(=O)CCCCCCCCCCCCCCCCCCCCC. The van der Waals surface area contributed by atoms with E-state index in [1.54, 1.807) is 0 Å². The highest BCUT2D eigenvalue weighted by molar-refractivity contribution is 5.71. The van der Waals surface area contributed by atoms with Gasteiger partial charge in [0, 0.05) is 19.3 Å². The lowest BCUT2D eigenvalue weighted by atomic mass is 10.0. The van der Waals surface area contributed by atoms with E-state index < -0.39 is 6.10 Å². The first-order valence-corrected chi connectivity index (χ1v) is 32.9. The van der Waals surface area contributed by atoms with Crippen LogP contribution in [0.15, 0.2) is 109 Å². The van der Waals surface area contributed by atoms with E-state index in [4.69, 9.17) is 14.2 Å². The molecule has 0 aliphatic heterocycles. The lowest BCUT2D eigenvalue weighted by Gasteiger charge is -2.18. The van der Waals surface area contributed by atoms with Gasteiger partial charge in [0.1, 0.15) is 13.2 Å². The van der Waals surface area contributed by atoms with Crippen LogP contribution in [0.25, 0.3) is 0 Å². The molecule has 0 saturated heterocycles. The molecular formula is C72H122O6. The number of allylic oxidation sites excluding steroid dienone is 18. The molecule has 1 unspecified atom stereocenters. The summed E-state index contributed by atoms with van der Waals surface area (Å²) in [4.78, 5) is 38.4. The Bertz CT molecular complexity index is 1570. The van der Waals surface area contributed by atoms with Crippen molar-refractivity contribution in [2.24, 2.45) is 0 Å². The molecule has 446 valence electrons. The van der Waals surface area contributed by atoms with Gasteiger partial charge in [-0.1, -0.05) is 297 Å². The zero-order chi connectivity index (χ0) is 56.4. The van der Waals surface area contributed by atoms with Crippen molar-refractivity contribution in [1.82, 2.24) is 0 Å². The molecule has 0 aromatic carbocycles. The fraction of sp³-hybridized carbons (Fsp3) is 0.708. The van der Waals surface area contributed by atoms with E-state index in [0.717, 1.165) is 103 Å². The van der Waals surface area contributed by atoms with Crippen molar-refractivity contribution in [3.8, 4) is 0 Å². The van der Waals surface area contributed by atoms with Crippen molar-refractivity contribution in [3.05, 3.63) is 109 Å². The first-order chi connectivity index (χ1) is 38.5. The number of hydrogen-bond acceptors (Lipinski definition) is 6. The molecule has 0 bridgehead atoms. The molecule has 0 aliphatic rings. The number of carbonyl (C=O) groups is 3. The van der Waals surface area contributed by atoms with Gasteiger partial charge in [0.05, 0.1) is 0 Å². The van der Waals surface area contributed by atoms with Gasteiger partial charge in [0.25, 0.3) is 0 Å². The molecule has 78 heavy (non-hydrogen) atoms. The second kappa shape index (κ2) is 65.6. The number of carbonyl (C=O) groups excluding carboxylic acids is 3. The van der Waals surface area contributed by atoms with Gasteiger partial charge in [0.2, 0.25) is 0 Å². The van der Waals surface area contributed by atoms with E-state index in [1.165, 1.54) is 161 Å². The Hall–Kier alpha value is -3.93. The predicted octanol–water partition coefficient (Wildman–Crippen LogP) is 22.6. The molecule has 0 N–H and O–H groups in total. The first kappa shape index (κ1) is 74.1. The van der Waals surface area contributed by atoms with E-state index >= 15 is 0 Å². The van der Waals surface area contributed by atoms with Crippen LogP contribution in [0.3, 0.4) is 0 Å². The van der Waals surface area contributed by atoms with Crippen molar-refractivity contribution < 1.29 is 28.6 Å². The average Bonchev–Trinajstić information content (AvgIpc) is 3.44. The van der Waals surface area contributed by atoms with Gasteiger partial charge in [-0.15, -0.1) is 0 Å². The highest BCUT2D eigenvalue weighted by Crippen LogP contribution is 2.16. The molecule has 6 nitrogen and oxygen atoms in total. The number of esters is 3. The molecule has 0 heterocycles. The molecule has 0 radical (unpaired) electrons. The first-order valence-electron chi connectivity index (χ1n) is 32.9. The summed E-state index contributed by atoms with van der Waals surface area (Å²) in [6.07, 6.45) is 89.5. The monoisotopic (exact) mass is 1080 g/mol. The van der Waals surface area contributed by atoms with Crippen LogP contribution in [0, 0.1) is 0 Å². The maximum atomic E-state index is 12.9. The Kier molecular flexibility index (Phi) is 62.3. The normalized spacial score (nSPS) is 12.8. The molecule has 0 spiro atoms. The second-order valence-electron chi connectivity index (χ2n) is 21.6. The van der Waals surface area contributed by atoms with Crippen molar-refractivity contribution in [3.63, 3.8) is 0 Å². The van der Waals surface area contributed by atoms with Gasteiger partial charge in [-0.05, 0) is 103 Å². The fourth-order valence-corrected chi connectivity index (χ4v) is 9.11. The standard InChI is InChI=1S/C72H122O6/c1-4-7-10-13-16-19-22-25-28-31-34-35-36-37-39-41-44-47-50-53-56-59-62-65-71(74)77-68-69(67-76-70(73)64-61-58-55-52-49-46-43-40-33-30-27-24-21-18-15-12-9-6-3)78-72(75)66-63-60-57-54-51-48-45-42-38-32-29-26-23-20-17-14-11-8-5-2/h7,10,16,19,21,24-25,28,30,33-35,37,39,44,47,53,56,69H,4-6,8-9,11-15,17-18,20,22-23,26-27,29,31-32,36,38,40-43,45-46,48-52,54-55,57-68H2,1-3H3/b10-7-,19-16-,24-21-,28-25-,33-30-,35-34-,39-37-,47-44-,56-53-. The molecule has 0 rings (SSSR count). The highest BCUT2D eigenvalue weighted by Gasteiger charge is 2.19. The Morgan fingerprint density at radius 1 is 0.269 bits per heavy atom. The van der Waals surface area contributed by atoms with E-state index in [0.29, 0.717) is 19.3 Å². The van der Waals surface area contributed by atoms with Crippen LogP contribution in [-0.2, 0) is 28.6 Å². The molecular weight excluding hydrogens is 961 g/mol. The molecule has 1 atom stereocenters. The van der Waals surface area contributed by atoms with Crippen molar-refractivity contribution in [2.45, 2.75) is 316 Å². The zero-order valence-corrected chi connectivity index (χ0v) is 51.2. The van der Waals surface area contributed by atoms with Crippen LogP contribution in [0.2, 0.25) is 0 Å². The van der Waals surface area contributed by atoms with Crippen LogP contribution >= 0.6 is 0 Å². The van der Waals surface area contributed by atoms with Crippen molar-refractivity contribution in [2.75, 3.05) is 13.2 Å². The molecule has 0 aliphatic carbocycles. The number of unbranched alkanes of at least 4 members (excludes halogenated alkanes) is 30. The van der Waals surface area contributed by atoms with Gasteiger partial charge in [-0.2, -0.15) is 0 Å². The summed E-state index contributed by atoms with van der Waals surface area (Å²) in [7, 11) is 0. The third-order valence-corrected chi connectivity index (χ3v) is 14.0. The second-order valence-corrected chi connectivity index (χ2v) is 21.6. The Morgan fingerprint density at radius 3 is 0.846 bits per heavy atom. The quantitative estimate of drug-likeness (QED) is 0.0261. The average molecular weight is 1080 g/mol. The van der Waals surface area contributed by atoms with Crippen LogP contribution in [0.5, 0.6) is 0 Å². The topological polar surface area (TPSA) is 78.9 Å². The molecule has 0 aromatic heterocycles. The summed E-state index contributed by atoms with van der Waals surface area (Å²) < 4.78 is 16.9. The lowest BCUT2D eigenvalue weighted by Crippen LogP contribution is -2.30. The zero-order valence-electron chi connectivity index (χ0n) is 51.2. The Morgan fingerprint density at radius 2 is 0.513 bits per heavy atom. The Labute approximate surface area is 482 Å². The summed E-state index contributed by atoms with van der Waals surface area (Å²) >= 11 is 0. The van der Waals surface area contributed by atoms with Gasteiger partial charge in [-0.3, -0.25) is 14.4 Å². The van der Waals surface area contributed by atoms with Gasteiger partial charge in [-0.25, -0.2) is 0 Å². The van der Waals surface area contributed by atoms with Crippen LogP contribution in [0.1, 0.15) is 310 Å². The third kappa shape index (κ3) is 62.9. The maximum absolute atomic E-state index is 12.9. The maximum Gasteiger partial charge on any atom is 0.306 e. The van der Waals surface area contributed by atoms with E-state index in [-0.39, 0.29) is 37.5 Å². The smallest absolute Gasteiger partial charge is 0.306 e. The van der Waals surface area contributed by atoms with Crippen LogP contribution in [0.4, 0.5) is 0 Å². The van der Waals surface area contributed by atoms with Crippen molar-refractivity contribution in [1.29, 1.82) is 0 Å². The molecule has 0 fully saturated rings. The van der Waals surface area contributed by atoms with Crippen molar-refractivity contribution >= 4 is 17.9 Å². The van der Waals surface area contributed by atoms with Crippen LogP contribution < -0.4 is 0 Å². The third-order valence-electron chi connectivity index (χ3n) is 14.0. The minimum Gasteiger partial charge on any atom is -0.462 e. The van der Waals surface area contributed by atoms with E-state index in [1.807, 2.05) is 0 Å². The van der Waals surface area contributed by atoms with E-state index in [2.05, 4.69) is 130 Å². The summed E-state index contributed by atoms with van der Waals surface area (Å²) in [6, 6.07) is 0. The van der Waals surface area contributed by atoms with Gasteiger partial charge in [0.15, 0.2) is 6.10 Å².